The van der Waals surface area contributed by atoms with Crippen LogP contribution in [0.5, 0.6) is 5.88 Å². The minimum Gasteiger partial charge on any atom is -0.475 e. The largest absolute Gasteiger partial charge is 0.475 e. The Morgan fingerprint density at radius 3 is 2.64 bits per heavy atom. The molecule has 0 N–H and O–H groups in total. The van der Waals surface area contributed by atoms with E-state index < -0.39 is 0 Å². The van der Waals surface area contributed by atoms with Gasteiger partial charge >= 0.3 is 0 Å². The molecule has 1 aromatic heterocycles. The minimum absolute atomic E-state index is 0.170. The SMILES string of the molecule is CCOc1nn(-c2ccccc2)c(=O)cc1N1CCOCC1. The summed E-state index contributed by atoms with van der Waals surface area (Å²) in [5.74, 6) is 0.479. The molecule has 116 valence electrons. The van der Waals surface area contributed by atoms with Crippen LogP contribution in [0.3, 0.4) is 0 Å². The Bertz CT molecular complexity index is 679. The maximum Gasteiger partial charge on any atom is 0.273 e. The van der Waals surface area contributed by atoms with Crippen molar-refractivity contribution in [1.29, 1.82) is 0 Å². The van der Waals surface area contributed by atoms with E-state index >= 15 is 0 Å². The van der Waals surface area contributed by atoms with Crippen LogP contribution in [0.25, 0.3) is 5.69 Å². The summed E-state index contributed by atoms with van der Waals surface area (Å²) in [5.41, 5.74) is 1.29. The lowest BCUT2D eigenvalue weighted by Crippen LogP contribution is -2.38. The van der Waals surface area contributed by atoms with Gasteiger partial charge in [-0.05, 0) is 19.1 Å². The Hall–Kier alpha value is -2.34. The average Bonchev–Trinajstić information content (AvgIpc) is 2.58. The highest BCUT2D eigenvalue weighted by atomic mass is 16.5. The zero-order chi connectivity index (χ0) is 15.4. The Balaban J connectivity index is 2.04. The Morgan fingerprint density at radius 1 is 1.23 bits per heavy atom. The molecule has 3 rings (SSSR count). The summed E-state index contributed by atoms with van der Waals surface area (Å²) in [5, 5.41) is 4.41. The first-order valence-electron chi connectivity index (χ1n) is 7.45. The number of rotatable bonds is 4. The van der Waals surface area contributed by atoms with Gasteiger partial charge in [-0.3, -0.25) is 4.79 Å². The van der Waals surface area contributed by atoms with Gasteiger partial charge in [0, 0.05) is 19.2 Å². The second kappa shape index (κ2) is 6.62. The zero-order valence-corrected chi connectivity index (χ0v) is 12.6. The monoisotopic (exact) mass is 301 g/mol. The topological polar surface area (TPSA) is 56.6 Å². The van der Waals surface area contributed by atoms with Crippen molar-refractivity contribution < 1.29 is 9.47 Å². The highest BCUT2D eigenvalue weighted by Gasteiger charge is 2.19. The highest BCUT2D eigenvalue weighted by Crippen LogP contribution is 2.25. The van der Waals surface area contributed by atoms with Crippen molar-refractivity contribution in [2.75, 3.05) is 37.8 Å². The molecule has 1 saturated heterocycles. The normalized spacial score (nSPS) is 14.9. The third-order valence-electron chi connectivity index (χ3n) is 3.51. The van der Waals surface area contributed by atoms with Gasteiger partial charge in [0.05, 0.1) is 25.5 Å². The van der Waals surface area contributed by atoms with E-state index in [0.29, 0.717) is 25.7 Å². The molecule has 1 fully saturated rings. The molecular weight excluding hydrogens is 282 g/mol. The van der Waals surface area contributed by atoms with E-state index in [4.69, 9.17) is 9.47 Å². The highest BCUT2D eigenvalue weighted by molar-refractivity contribution is 5.55. The number of para-hydroxylation sites is 1. The van der Waals surface area contributed by atoms with Crippen molar-refractivity contribution in [2.24, 2.45) is 0 Å². The number of benzene rings is 1. The fourth-order valence-electron chi connectivity index (χ4n) is 2.46. The van der Waals surface area contributed by atoms with Crippen LogP contribution in [0.4, 0.5) is 5.69 Å². The predicted octanol–water partition coefficient (Wildman–Crippen LogP) is 1.47. The molecule has 0 unspecified atom stereocenters. The minimum atomic E-state index is -0.170. The Labute approximate surface area is 128 Å². The molecule has 0 saturated carbocycles. The van der Waals surface area contributed by atoms with Gasteiger partial charge in [-0.25, -0.2) is 0 Å². The van der Waals surface area contributed by atoms with Crippen molar-refractivity contribution in [1.82, 2.24) is 9.78 Å². The van der Waals surface area contributed by atoms with Gasteiger partial charge in [0.15, 0.2) is 0 Å². The van der Waals surface area contributed by atoms with E-state index in [2.05, 4.69) is 10.00 Å². The van der Waals surface area contributed by atoms with Crippen molar-refractivity contribution in [3.63, 3.8) is 0 Å². The summed E-state index contributed by atoms with van der Waals surface area (Å²) in [7, 11) is 0. The number of morpholine rings is 1. The van der Waals surface area contributed by atoms with Crippen LogP contribution in [-0.4, -0.2) is 42.7 Å². The first-order chi connectivity index (χ1) is 10.8. The van der Waals surface area contributed by atoms with E-state index in [1.165, 1.54) is 4.68 Å². The molecule has 2 aromatic rings. The Kier molecular flexibility index (Phi) is 4.39. The Morgan fingerprint density at radius 2 is 1.95 bits per heavy atom. The summed E-state index contributed by atoms with van der Waals surface area (Å²) >= 11 is 0. The summed E-state index contributed by atoms with van der Waals surface area (Å²) in [6.07, 6.45) is 0. The predicted molar refractivity (Wildman–Crippen MR) is 84.0 cm³/mol. The number of hydrogen-bond donors (Lipinski definition) is 0. The molecule has 1 aromatic carbocycles. The second-order valence-electron chi connectivity index (χ2n) is 4.95. The standard InChI is InChI=1S/C16H19N3O3/c1-2-22-16-14(18-8-10-21-11-9-18)12-15(20)19(17-16)13-6-4-3-5-7-13/h3-7,12H,2,8-11H2,1H3. The molecular formula is C16H19N3O3. The van der Waals surface area contributed by atoms with Crippen molar-refractivity contribution in [3.8, 4) is 11.6 Å². The van der Waals surface area contributed by atoms with Crippen LogP contribution in [0.1, 0.15) is 6.92 Å². The summed E-state index contributed by atoms with van der Waals surface area (Å²) in [6.45, 7) is 5.16. The van der Waals surface area contributed by atoms with Gasteiger partial charge in [0.1, 0.15) is 5.69 Å². The van der Waals surface area contributed by atoms with Crippen LogP contribution in [0.2, 0.25) is 0 Å². The van der Waals surface area contributed by atoms with Crippen LogP contribution in [-0.2, 0) is 4.74 Å². The van der Waals surface area contributed by atoms with Crippen LogP contribution in [0, 0.1) is 0 Å². The number of aromatic nitrogens is 2. The molecule has 0 radical (unpaired) electrons. The average molecular weight is 301 g/mol. The molecule has 0 atom stereocenters. The number of nitrogens with zero attached hydrogens (tertiary/aromatic N) is 3. The fraction of sp³-hybridized carbons (Fsp3) is 0.375. The van der Waals surface area contributed by atoms with Crippen molar-refractivity contribution >= 4 is 5.69 Å². The number of anilines is 1. The van der Waals surface area contributed by atoms with E-state index in [9.17, 15) is 4.79 Å². The lowest BCUT2D eigenvalue weighted by Gasteiger charge is -2.29. The van der Waals surface area contributed by atoms with E-state index in [1.54, 1.807) is 6.07 Å². The first kappa shape index (κ1) is 14.6. The zero-order valence-electron chi connectivity index (χ0n) is 12.6. The van der Waals surface area contributed by atoms with Gasteiger partial charge < -0.3 is 14.4 Å². The lowest BCUT2D eigenvalue weighted by molar-refractivity contribution is 0.122. The number of ether oxygens (including phenoxy) is 2. The lowest BCUT2D eigenvalue weighted by atomic mass is 10.3. The van der Waals surface area contributed by atoms with Gasteiger partial charge in [0.25, 0.3) is 11.4 Å². The van der Waals surface area contributed by atoms with Gasteiger partial charge in [-0.2, -0.15) is 4.68 Å². The van der Waals surface area contributed by atoms with E-state index in [1.807, 2.05) is 37.3 Å². The molecule has 0 spiro atoms. The molecule has 1 aliphatic heterocycles. The molecule has 0 amide bonds. The molecule has 6 nitrogen and oxygen atoms in total. The third kappa shape index (κ3) is 2.96. The molecule has 6 heteroatoms. The summed E-state index contributed by atoms with van der Waals surface area (Å²) in [4.78, 5) is 14.5. The fourth-order valence-corrected chi connectivity index (χ4v) is 2.46. The maximum atomic E-state index is 12.4. The van der Waals surface area contributed by atoms with E-state index in [-0.39, 0.29) is 5.56 Å². The third-order valence-corrected chi connectivity index (χ3v) is 3.51. The molecule has 2 heterocycles. The summed E-state index contributed by atoms with van der Waals surface area (Å²) in [6, 6.07) is 10.9. The van der Waals surface area contributed by atoms with Crippen molar-refractivity contribution in [3.05, 3.63) is 46.8 Å². The van der Waals surface area contributed by atoms with Gasteiger partial charge in [0.2, 0.25) is 0 Å². The van der Waals surface area contributed by atoms with Crippen LogP contribution < -0.4 is 15.2 Å². The smallest absolute Gasteiger partial charge is 0.273 e. The quantitative estimate of drug-likeness (QED) is 0.856. The first-order valence-corrected chi connectivity index (χ1v) is 7.45. The van der Waals surface area contributed by atoms with Crippen LogP contribution in [0.15, 0.2) is 41.2 Å². The molecule has 1 aliphatic rings. The number of hydrogen-bond acceptors (Lipinski definition) is 5. The maximum absolute atomic E-state index is 12.4. The second-order valence-corrected chi connectivity index (χ2v) is 4.95. The molecule has 0 bridgehead atoms. The van der Waals surface area contributed by atoms with E-state index in [0.717, 1.165) is 24.5 Å². The summed E-state index contributed by atoms with van der Waals surface area (Å²) < 4.78 is 12.4. The molecule has 0 aliphatic carbocycles. The van der Waals surface area contributed by atoms with Gasteiger partial charge in [-0.1, -0.05) is 18.2 Å². The molecule has 22 heavy (non-hydrogen) atoms. The van der Waals surface area contributed by atoms with Gasteiger partial charge in [-0.15, -0.1) is 5.10 Å². The van der Waals surface area contributed by atoms with Crippen molar-refractivity contribution in [2.45, 2.75) is 6.92 Å². The van der Waals surface area contributed by atoms with Crippen LogP contribution >= 0.6 is 0 Å².